The van der Waals surface area contributed by atoms with Gasteiger partial charge in [0.1, 0.15) is 17.9 Å². The van der Waals surface area contributed by atoms with Crippen molar-refractivity contribution in [3.63, 3.8) is 0 Å². The Labute approximate surface area is 142 Å². The van der Waals surface area contributed by atoms with Gasteiger partial charge in [-0.15, -0.1) is 4.67 Å². The van der Waals surface area contributed by atoms with Gasteiger partial charge in [-0.1, -0.05) is 0 Å². The Hall–Kier alpha value is -0.300. The summed E-state index contributed by atoms with van der Waals surface area (Å²) < 4.78 is 5.88. The molecule has 3 heterocycles. The Bertz CT molecular complexity index is 485. The van der Waals surface area contributed by atoms with Gasteiger partial charge in [-0.25, -0.2) is 4.90 Å². The molecule has 23 heavy (non-hydrogen) atoms. The van der Waals surface area contributed by atoms with E-state index in [1.807, 2.05) is 0 Å². The van der Waals surface area contributed by atoms with Crippen molar-refractivity contribution in [2.45, 2.75) is 88.2 Å². The summed E-state index contributed by atoms with van der Waals surface area (Å²) in [5.41, 5.74) is 2.14. The predicted molar refractivity (Wildman–Crippen MR) is 98.5 cm³/mol. The van der Waals surface area contributed by atoms with Crippen LogP contribution in [0.15, 0.2) is 0 Å². The van der Waals surface area contributed by atoms with E-state index in [9.17, 15) is 0 Å². The first-order chi connectivity index (χ1) is 11.3. The van der Waals surface area contributed by atoms with Crippen molar-refractivity contribution in [1.29, 1.82) is 0 Å². The van der Waals surface area contributed by atoms with Crippen LogP contribution in [0, 0.1) is 0 Å². The molecule has 0 aromatic rings. The molecular formula is C19H34N3P+2. The summed E-state index contributed by atoms with van der Waals surface area (Å²) in [5.74, 6) is 2.56. The van der Waals surface area contributed by atoms with Crippen LogP contribution in [0.5, 0.6) is 0 Å². The molecular weight excluding hydrogens is 301 g/mol. The number of hydrogen-bond acceptors (Lipinski definition) is 2. The predicted octanol–water partition coefficient (Wildman–Crippen LogP) is 3.94. The first kappa shape index (κ1) is 15.0. The van der Waals surface area contributed by atoms with Gasteiger partial charge in [0.05, 0.1) is 19.6 Å². The van der Waals surface area contributed by atoms with E-state index in [4.69, 9.17) is 0 Å². The molecule has 4 heteroatoms. The van der Waals surface area contributed by atoms with Crippen molar-refractivity contribution in [3.8, 4) is 0 Å². The summed E-state index contributed by atoms with van der Waals surface area (Å²) in [4.78, 5) is 2.90. The minimum atomic E-state index is -1.05. The summed E-state index contributed by atoms with van der Waals surface area (Å²) in [6, 6.07) is 0. The van der Waals surface area contributed by atoms with Crippen molar-refractivity contribution in [3.05, 3.63) is 0 Å². The van der Waals surface area contributed by atoms with Gasteiger partial charge in [0.25, 0.3) is 0 Å². The second-order valence-electron chi connectivity index (χ2n) is 8.61. The molecule has 3 fully saturated rings. The van der Waals surface area contributed by atoms with Gasteiger partial charge in [-0.3, -0.25) is 4.58 Å². The fourth-order valence-corrected chi connectivity index (χ4v) is 14.0. The molecule has 2 aliphatic carbocycles. The molecule has 0 amide bonds. The maximum absolute atomic E-state index is 3.10. The molecule has 0 aromatic heterocycles. The normalized spacial score (nSPS) is 34.6. The maximum atomic E-state index is 3.10. The van der Waals surface area contributed by atoms with Crippen LogP contribution in [0.4, 0.5) is 0 Å². The minimum absolute atomic E-state index is 0.851. The average molecular weight is 335 g/mol. The highest BCUT2D eigenvalue weighted by Gasteiger charge is 2.74. The van der Waals surface area contributed by atoms with Crippen LogP contribution in [0.3, 0.4) is 0 Å². The molecule has 3 aliphatic heterocycles. The number of guanidine groups is 1. The lowest BCUT2D eigenvalue weighted by molar-refractivity contribution is -0.547. The largest absolute Gasteiger partial charge is 0.388 e. The lowest BCUT2D eigenvalue weighted by Gasteiger charge is -2.38. The number of nitrogens with zero attached hydrogens (tertiary/aromatic N) is 3. The van der Waals surface area contributed by atoms with Gasteiger partial charge in [0.15, 0.2) is 7.41 Å². The van der Waals surface area contributed by atoms with E-state index in [0.29, 0.717) is 0 Å². The smallest absolute Gasteiger partial charge is 0.262 e. The molecule has 0 aromatic carbocycles. The molecule has 1 atom stereocenters. The monoisotopic (exact) mass is 335 g/mol. The highest BCUT2D eigenvalue weighted by Crippen LogP contribution is 2.81. The lowest BCUT2D eigenvalue weighted by atomic mass is 10.2. The number of hydrogen-bond donors (Lipinski definition) is 0. The standard InChI is InChI=1S/C19H34N3P/c1-16-21-14-6-12-20-13-7-15-22(19(20)21)23(16,17-8-2-3-9-17)18-10-4-5-11-18/h16-18H,2-15H2,1H3/q+2/t16-/m1/s1. The van der Waals surface area contributed by atoms with Crippen LogP contribution in [0.1, 0.15) is 71.1 Å². The van der Waals surface area contributed by atoms with Crippen LogP contribution in [-0.2, 0) is 0 Å². The zero-order valence-electron chi connectivity index (χ0n) is 14.9. The van der Waals surface area contributed by atoms with Crippen molar-refractivity contribution in [2.24, 2.45) is 0 Å². The van der Waals surface area contributed by atoms with Crippen LogP contribution in [-0.4, -0.2) is 63.4 Å². The number of rotatable bonds is 2. The third kappa shape index (κ3) is 1.95. The highest BCUT2D eigenvalue weighted by molar-refractivity contribution is 7.76. The summed E-state index contributed by atoms with van der Waals surface area (Å²) in [6.45, 7) is 8.02. The zero-order valence-corrected chi connectivity index (χ0v) is 15.8. The fraction of sp³-hybridized carbons (Fsp3) is 0.947. The van der Waals surface area contributed by atoms with Gasteiger partial charge in [0, 0.05) is 19.8 Å². The Morgan fingerprint density at radius 2 is 1.39 bits per heavy atom. The van der Waals surface area contributed by atoms with Crippen LogP contribution < -0.4 is 0 Å². The zero-order chi connectivity index (χ0) is 15.4. The van der Waals surface area contributed by atoms with E-state index >= 15 is 0 Å². The molecule has 5 aliphatic rings. The molecule has 0 radical (unpaired) electrons. The van der Waals surface area contributed by atoms with E-state index in [1.54, 1.807) is 31.6 Å². The van der Waals surface area contributed by atoms with Gasteiger partial charge in [0.2, 0.25) is 5.78 Å². The van der Waals surface area contributed by atoms with E-state index < -0.39 is 7.41 Å². The molecule has 0 bridgehead atoms. The van der Waals surface area contributed by atoms with Crippen molar-refractivity contribution in [2.75, 3.05) is 26.2 Å². The molecule has 2 saturated carbocycles. The molecule has 5 rings (SSSR count). The first-order valence-corrected chi connectivity index (χ1v) is 12.3. The van der Waals surface area contributed by atoms with Gasteiger partial charge >= 0.3 is 5.96 Å². The first-order valence-electron chi connectivity index (χ1n) is 10.4. The van der Waals surface area contributed by atoms with E-state index in [2.05, 4.69) is 21.1 Å². The van der Waals surface area contributed by atoms with Crippen molar-refractivity contribution in [1.82, 2.24) is 9.57 Å². The van der Waals surface area contributed by atoms with Crippen molar-refractivity contribution < 1.29 is 4.58 Å². The van der Waals surface area contributed by atoms with Crippen LogP contribution in [0.25, 0.3) is 0 Å². The SMILES string of the molecule is C[C@@H]1N2CCC[N+]3=C2N(CCC3)[P+]1(C1CCCC1)C1CCCC1. The third-order valence-electron chi connectivity index (χ3n) is 7.68. The summed E-state index contributed by atoms with van der Waals surface area (Å²) in [6.07, 6.45) is 15.0. The molecule has 128 valence electrons. The van der Waals surface area contributed by atoms with Gasteiger partial charge in [-0.05, 0) is 51.4 Å². The lowest BCUT2D eigenvalue weighted by Crippen LogP contribution is -2.51. The molecule has 3 nitrogen and oxygen atoms in total. The van der Waals surface area contributed by atoms with E-state index in [0.717, 1.165) is 17.1 Å². The molecule has 0 N–H and O–H groups in total. The van der Waals surface area contributed by atoms with Gasteiger partial charge in [-0.2, -0.15) is 0 Å². The van der Waals surface area contributed by atoms with Crippen molar-refractivity contribution >= 4 is 13.4 Å². The summed E-state index contributed by atoms with van der Waals surface area (Å²) >= 11 is 0. The van der Waals surface area contributed by atoms with E-state index in [-0.39, 0.29) is 0 Å². The summed E-state index contributed by atoms with van der Waals surface area (Å²) in [5, 5.41) is 0. The van der Waals surface area contributed by atoms with E-state index in [1.165, 1.54) is 64.7 Å². The van der Waals surface area contributed by atoms with Crippen LogP contribution >= 0.6 is 7.41 Å². The topological polar surface area (TPSA) is 9.49 Å². The average Bonchev–Trinajstić information content (AvgIpc) is 3.31. The Kier molecular flexibility index (Phi) is 3.66. The maximum Gasteiger partial charge on any atom is 0.388 e. The minimum Gasteiger partial charge on any atom is -0.262 e. The third-order valence-corrected chi connectivity index (χ3v) is 13.7. The quantitative estimate of drug-likeness (QED) is 0.558. The Morgan fingerprint density at radius 3 is 2.00 bits per heavy atom. The molecule has 1 saturated heterocycles. The highest BCUT2D eigenvalue weighted by atomic mass is 31.2. The molecule has 0 unspecified atom stereocenters. The fourth-order valence-electron chi connectivity index (χ4n) is 6.89. The Balaban J connectivity index is 1.65. The van der Waals surface area contributed by atoms with Gasteiger partial charge < -0.3 is 0 Å². The Morgan fingerprint density at radius 1 is 0.826 bits per heavy atom. The molecule has 0 spiro atoms. The van der Waals surface area contributed by atoms with Crippen LogP contribution in [0.2, 0.25) is 0 Å². The summed E-state index contributed by atoms with van der Waals surface area (Å²) in [7, 11) is -1.05. The second kappa shape index (κ2) is 5.61. The second-order valence-corrected chi connectivity index (χ2v) is 12.9.